The molecule has 1 aliphatic carbocycles. The van der Waals surface area contributed by atoms with Crippen LogP contribution in [0.15, 0.2) is 21.9 Å². The van der Waals surface area contributed by atoms with E-state index in [1.807, 2.05) is 4.98 Å². The van der Waals surface area contributed by atoms with Gasteiger partial charge in [0.2, 0.25) is 0 Å². The van der Waals surface area contributed by atoms with E-state index < -0.39 is 70.1 Å². The molecule has 16 nitrogen and oxygen atoms in total. The minimum atomic E-state index is -5.94. The zero-order valence-corrected chi connectivity index (χ0v) is 21.3. The van der Waals surface area contributed by atoms with E-state index in [1.165, 1.54) is 0 Å². The first-order valence-corrected chi connectivity index (χ1v) is 16.1. The lowest BCUT2D eigenvalue weighted by atomic mass is 10.0. The first kappa shape index (κ1) is 28.9. The van der Waals surface area contributed by atoms with Gasteiger partial charge >= 0.3 is 5.69 Å². The molecule has 1 aromatic heterocycles. The van der Waals surface area contributed by atoms with Crippen LogP contribution in [-0.2, 0) is 31.6 Å². The summed E-state index contributed by atoms with van der Waals surface area (Å²) < 4.78 is 53.9. The number of aromatic nitrogens is 2. The van der Waals surface area contributed by atoms with Gasteiger partial charge in [-0.25, -0.2) is 9.11 Å². The zero-order chi connectivity index (χ0) is 26.0. The summed E-state index contributed by atoms with van der Waals surface area (Å²) in [6.45, 7) is -6.17. The second-order valence-electron chi connectivity index (χ2n) is 7.73. The predicted octanol–water partition coefficient (Wildman–Crippen LogP) is -1.32. The summed E-state index contributed by atoms with van der Waals surface area (Å²) in [5.74, 6) is 0. The standard InChI is InChI=1S/C15H25N2O14P3S/c18-11-6-7-17(15(21)16-11)14-13(20)12(19)10(29-14)8-28-32(22,23)30-33(24,25)31-34(26,27)35-9-4-2-1-3-5-9/h6-7,9-10,12-14,19-20H,1-5,8H2,(H,22,23)(H,24,25)(H,26,27)(H,16,18,21)/p-3/t10-,12?,13+,14-/m1/s1. The van der Waals surface area contributed by atoms with Gasteiger partial charge in [-0.1, -0.05) is 30.6 Å². The minimum absolute atomic E-state index is 0.272. The van der Waals surface area contributed by atoms with Gasteiger partial charge in [-0.05, 0) is 12.8 Å². The van der Waals surface area contributed by atoms with Crippen molar-refractivity contribution in [3.63, 3.8) is 0 Å². The van der Waals surface area contributed by atoms with Crippen LogP contribution in [0.3, 0.4) is 0 Å². The SMILES string of the molecule is O=c1ccn([C@@H]2O[C@H](COP(=O)([O-])OP(=O)([O-])OP(=O)([O-])SC3CCCCC3)C(O)[C@@H]2O)c(=O)[nH]1. The highest BCUT2D eigenvalue weighted by Gasteiger charge is 2.44. The van der Waals surface area contributed by atoms with Crippen LogP contribution < -0.4 is 25.9 Å². The van der Waals surface area contributed by atoms with E-state index in [4.69, 9.17) is 4.74 Å². The number of H-pyrrole nitrogens is 1. The van der Waals surface area contributed by atoms with E-state index in [0.29, 0.717) is 12.8 Å². The van der Waals surface area contributed by atoms with Gasteiger partial charge in [-0.3, -0.25) is 32.4 Å². The fourth-order valence-electron chi connectivity index (χ4n) is 3.54. The summed E-state index contributed by atoms with van der Waals surface area (Å²) in [5, 5.41) is 19.8. The first-order valence-electron chi connectivity index (χ1n) is 10.2. The van der Waals surface area contributed by atoms with Crippen molar-refractivity contribution in [2.45, 2.75) is 61.9 Å². The van der Waals surface area contributed by atoms with Gasteiger partial charge in [0.15, 0.2) is 13.0 Å². The van der Waals surface area contributed by atoms with Crippen LogP contribution in [-0.4, -0.2) is 49.9 Å². The molecule has 200 valence electrons. The number of aliphatic hydroxyl groups is 2. The van der Waals surface area contributed by atoms with Crippen molar-refractivity contribution in [2.24, 2.45) is 0 Å². The van der Waals surface area contributed by atoms with E-state index in [9.17, 15) is 48.2 Å². The monoisotopic (exact) mass is 579 g/mol. The van der Waals surface area contributed by atoms with Gasteiger partial charge in [-0.15, -0.1) is 0 Å². The Bertz CT molecular complexity index is 1150. The number of nitrogens with one attached hydrogen (secondary N) is 1. The number of phosphoric ester groups is 1. The molecule has 20 heteroatoms. The summed E-state index contributed by atoms with van der Waals surface area (Å²) >= 11 is 0.272. The maximum atomic E-state index is 12.0. The Hall–Kier alpha value is -0.640. The van der Waals surface area contributed by atoms with Crippen molar-refractivity contribution in [1.82, 2.24) is 9.55 Å². The van der Waals surface area contributed by atoms with Crippen molar-refractivity contribution < 1.29 is 56.5 Å². The number of aliphatic hydroxyl groups excluding tert-OH is 2. The highest BCUT2D eigenvalue weighted by atomic mass is 32.7. The molecule has 3 N–H and O–H groups in total. The van der Waals surface area contributed by atoms with Gasteiger partial charge in [0.05, 0.1) is 6.61 Å². The predicted molar refractivity (Wildman–Crippen MR) is 113 cm³/mol. The van der Waals surface area contributed by atoms with E-state index in [2.05, 4.69) is 13.1 Å². The Labute approximate surface area is 201 Å². The van der Waals surface area contributed by atoms with Crippen LogP contribution in [0, 0.1) is 0 Å². The van der Waals surface area contributed by atoms with Gasteiger partial charge in [-0.2, -0.15) is 0 Å². The number of hydrogen-bond acceptors (Lipinski definition) is 15. The van der Waals surface area contributed by atoms with Crippen LogP contribution in [0.5, 0.6) is 0 Å². The molecule has 0 radical (unpaired) electrons. The largest absolute Gasteiger partial charge is 0.770 e. The quantitative estimate of drug-likeness (QED) is 0.272. The number of hydrogen-bond donors (Lipinski definition) is 3. The molecular weight excluding hydrogens is 557 g/mol. The third-order valence-electron chi connectivity index (χ3n) is 5.09. The molecule has 7 atom stereocenters. The molecule has 1 saturated carbocycles. The van der Waals surface area contributed by atoms with Gasteiger partial charge < -0.3 is 34.2 Å². The molecule has 1 aromatic rings. The third-order valence-corrected chi connectivity index (χ3v) is 12.1. The van der Waals surface area contributed by atoms with E-state index in [0.717, 1.165) is 36.1 Å². The molecular formula is C15H22N2O14P3S-3. The Morgan fingerprint density at radius 3 is 2.34 bits per heavy atom. The Morgan fingerprint density at radius 1 is 1.06 bits per heavy atom. The highest BCUT2D eigenvalue weighted by Crippen LogP contribution is 2.68. The van der Waals surface area contributed by atoms with Crippen molar-refractivity contribution >= 4 is 33.8 Å². The average Bonchev–Trinajstić information content (AvgIpc) is 2.99. The van der Waals surface area contributed by atoms with Crippen molar-refractivity contribution in [2.75, 3.05) is 6.61 Å². The number of aromatic amines is 1. The lowest BCUT2D eigenvalue weighted by Crippen LogP contribution is -2.37. The summed E-state index contributed by atoms with van der Waals surface area (Å²) in [7, 11) is -11.7. The molecule has 35 heavy (non-hydrogen) atoms. The maximum Gasteiger partial charge on any atom is 0.330 e. The Morgan fingerprint density at radius 2 is 1.71 bits per heavy atom. The molecule has 1 saturated heterocycles. The average molecular weight is 579 g/mol. The maximum absolute atomic E-state index is 12.0. The van der Waals surface area contributed by atoms with E-state index in [1.54, 1.807) is 0 Å². The fraction of sp³-hybridized carbons (Fsp3) is 0.733. The van der Waals surface area contributed by atoms with Crippen molar-refractivity contribution in [3.05, 3.63) is 33.1 Å². The lowest BCUT2D eigenvalue weighted by molar-refractivity contribution is -0.245. The molecule has 0 bridgehead atoms. The van der Waals surface area contributed by atoms with Gasteiger partial charge in [0.25, 0.3) is 21.2 Å². The smallest absolute Gasteiger partial charge is 0.330 e. The van der Waals surface area contributed by atoms with Crippen LogP contribution in [0.2, 0.25) is 0 Å². The molecule has 2 heterocycles. The topological polar surface area (TPSA) is 253 Å². The number of phosphoric acid groups is 2. The molecule has 2 aliphatic rings. The molecule has 0 aromatic carbocycles. The molecule has 3 rings (SSSR count). The second-order valence-corrected chi connectivity index (χ2v) is 14.8. The molecule has 1 aliphatic heterocycles. The second kappa shape index (κ2) is 11.4. The summed E-state index contributed by atoms with van der Waals surface area (Å²) in [4.78, 5) is 60.8. The highest BCUT2D eigenvalue weighted by molar-refractivity contribution is 8.55. The van der Waals surface area contributed by atoms with E-state index in [-0.39, 0.29) is 11.4 Å². The van der Waals surface area contributed by atoms with Crippen LogP contribution in [0.4, 0.5) is 0 Å². The van der Waals surface area contributed by atoms with Gasteiger partial charge in [0.1, 0.15) is 18.3 Å². The summed E-state index contributed by atoms with van der Waals surface area (Å²) in [5.41, 5.74) is -1.74. The first-order chi connectivity index (χ1) is 16.2. The van der Waals surface area contributed by atoms with Crippen molar-refractivity contribution in [3.8, 4) is 0 Å². The Balaban J connectivity index is 1.57. The van der Waals surface area contributed by atoms with Gasteiger partial charge in [0, 0.05) is 17.5 Å². The van der Waals surface area contributed by atoms with Crippen LogP contribution >= 0.6 is 33.8 Å². The third kappa shape index (κ3) is 8.17. The lowest BCUT2D eigenvalue weighted by Gasteiger charge is -2.36. The van der Waals surface area contributed by atoms with Crippen LogP contribution in [0.1, 0.15) is 38.3 Å². The fourth-order valence-corrected chi connectivity index (χ4v) is 10.3. The molecule has 0 amide bonds. The van der Waals surface area contributed by atoms with Crippen LogP contribution in [0.25, 0.3) is 0 Å². The minimum Gasteiger partial charge on any atom is -0.770 e. The summed E-state index contributed by atoms with van der Waals surface area (Å²) in [6.07, 6.45) is -2.28. The summed E-state index contributed by atoms with van der Waals surface area (Å²) in [6, 6.07) is 0.931. The number of nitrogens with zero attached hydrogens (tertiary/aromatic N) is 1. The molecule has 2 fully saturated rings. The number of ether oxygens (including phenoxy) is 1. The Kier molecular flexibility index (Phi) is 9.42. The zero-order valence-electron chi connectivity index (χ0n) is 17.8. The normalized spacial score (nSPS) is 30.9. The molecule has 4 unspecified atom stereocenters. The van der Waals surface area contributed by atoms with E-state index >= 15 is 0 Å². The van der Waals surface area contributed by atoms with Crippen molar-refractivity contribution in [1.29, 1.82) is 0 Å². The number of rotatable bonds is 10. The molecule has 0 spiro atoms.